The number of hydrogen-bond acceptors (Lipinski definition) is 11. The van der Waals surface area contributed by atoms with Crippen LogP contribution in [0.25, 0.3) is 0 Å². The van der Waals surface area contributed by atoms with E-state index in [0.29, 0.717) is 45.3 Å². The van der Waals surface area contributed by atoms with Crippen LogP contribution in [0.2, 0.25) is 0 Å². The summed E-state index contributed by atoms with van der Waals surface area (Å²) in [6.45, 7) is 12.0. The Morgan fingerprint density at radius 3 is 2.74 bits per heavy atom. The standard InChI is InChI=1S/C33H42FN7O5/c1-4-41(22(2)3)33(42)26-17-23(34)5-6-29(26)46-32-31(36-21-37-38-32)40-13-8-24(9-14-40)45-30-7-11-35-28-10-12-39(19-27(28)30)18-25-20-43-15-16-44-25/h5-7,11,17,21-22,24-25H,4,8-10,12-16,18-20H2,1-3H3/t25-/m0/s1. The summed E-state index contributed by atoms with van der Waals surface area (Å²) < 4.78 is 38.5. The molecule has 2 saturated heterocycles. The number of fused-ring (bicyclic) bond motifs is 1. The van der Waals surface area contributed by atoms with Gasteiger partial charge >= 0.3 is 0 Å². The topological polar surface area (TPSA) is 115 Å². The molecule has 6 rings (SSSR count). The second kappa shape index (κ2) is 14.7. The smallest absolute Gasteiger partial charge is 0.282 e. The monoisotopic (exact) mass is 635 g/mol. The van der Waals surface area contributed by atoms with Gasteiger partial charge < -0.3 is 28.7 Å². The molecule has 0 spiro atoms. The molecule has 1 atom stereocenters. The normalized spacial score (nSPS) is 19.2. The van der Waals surface area contributed by atoms with E-state index in [9.17, 15) is 9.18 Å². The molecule has 46 heavy (non-hydrogen) atoms. The Kier molecular flexibility index (Phi) is 10.2. The summed E-state index contributed by atoms with van der Waals surface area (Å²) in [5, 5.41) is 8.13. The molecule has 13 heteroatoms. The van der Waals surface area contributed by atoms with Crippen LogP contribution in [0.3, 0.4) is 0 Å². The van der Waals surface area contributed by atoms with E-state index in [0.717, 1.165) is 55.9 Å². The minimum atomic E-state index is -0.522. The van der Waals surface area contributed by atoms with E-state index in [1.54, 1.807) is 4.90 Å². The zero-order chi connectivity index (χ0) is 32.0. The Morgan fingerprint density at radius 1 is 1.13 bits per heavy atom. The predicted molar refractivity (Wildman–Crippen MR) is 168 cm³/mol. The average Bonchev–Trinajstić information content (AvgIpc) is 3.07. The molecule has 246 valence electrons. The van der Waals surface area contributed by atoms with Gasteiger partial charge in [0.2, 0.25) is 0 Å². The first-order chi connectivity index (χ1) is 22.4. The minimum Gasteiger partial charge on any atom is -0.490 e. The number of halogens is 1. The molecule has 3 aliphatic heterocycles. The van der Waals surface area contributed by atoms with Crippen LogP contribution in [0.15, 0.2) is 36.8 Å². The zero-order valence-corrected chi connectivity index (χ0v) is 26.7. The van der Waals surface area contributed by atoms with Crippen LogP contribution >= 0.6 is 0 Å². The van der Waals surface area contributed by atoms with Crippen molar-refractivity contribution in [1.82, 2.24) is 30.0 Å². The number of carbonyl (C=O) groups excluding carboxylic acids is 1. The van der Waals surface area contributed by atoms with Gasteiger partial charge in [0.25, 0.3) is 11.8 Å². The Labute approximate surface area is 268 Å². The lowest BCUT2D eigenvalue weighted by atomic mass is 10.0. The maximum atomic E-state index is 14.3. The van der Waals surface area contributed by atoms with Gasteiger partial charge in [-0.05, 0) is 45.0 Å². The first-order valence-corrected chi connectivity index (χ1v) is 16.2. The number of benzene rings is 1. The number of aromatic nitrogens is 4. The molecule has 5 heterocycles. The second-order valence-electron chi connectivity index (χ2n) is 12.1. The van der Waals surface area contributed by atoms with Crippen molar-refractivity contribution < 1.29 is 28.1 Å². The largest absolute Gasteiger partial charge is 0.490 e. The van der Waals surface area contributed by atoms with E-state index in [2.05, 4.69) is 30.0 Å². The van der Waals surface area contributed by atoms with E-state index in [-0.39, 0.29) is 41.3 Å². The Hall–Kier alpha value is -3.94. The van der Waals surface area contributed by atoms with Crippen LogP contribution in [0, 0.1) is 5.82 Å². The van der Waals surface area contributed by atoms with Crippen LogP contribution in [0.5, 0.6) is 17.4 Å². The summed E-state index contributed by atoms with van der Waals surface area (Å²) in [6.07, 6.45) is 5.71. The third-order valence-electron chi connectivity index (χ3n) is 8.71. The Balaban J connectivity index is 1.11. The lowest BCUT2D eigenvalue weighted by Crippen LogP contribution is -2.42. The number of pyridine rings is 1. The molecule has 1 amide bonds. The second-order valence-corrected chi connectivity index (χ2v) is 12.1. The molecule has 0 unspecified atom stereocenters. The summed E-state index contributed by atoms with van der Waals surface area (Å²) in [7, 11) is 0. The number of nitrogens with zero attached hydrogens (tertiary/aromatic N) is 7. The molecular weight excluding hydrogens is 593 g/mol. The van der Waals surface area contributed by atoms with E-state index < -0.39 is 5.82 Å². The van der Waals surface area contributed by atoms with Crippen molar-refractivity contribution in [3.63, 3.8) is 0 Å². The molecule has 12 nitrogen and oxygen atoms in total. The number of carbonyl (C=O) groups is 1. The van der Waals surface area contributed by atoms with Crippen LogP contribution in [-0.4, -0.2) is 107 Å². The lowest BCUT2D eigenvalue weighted by Gasteiger charge is -2.35. The van der Waals surface area contributed by atoms with Gasteiger partial charge in [0.1, 0.15) is 29.7 Å². The van der Waals surface area contributed by atoms with Crippen LogP contribution in [0.1, 0.15) is 55.2 Å². The van der Waals surface area contributed by atoms with Gasteiger partial charge in [0, 0.05) is 82.0 Å². The molecule has 3 aliphatic rings. The number of ether oxygens (including phenoxy) is 4. The summed E-state index contributed by atoms with van der Waals surface area (Å²) >= 11 is 0. The van der Waals surface area contributed by atoms with Crippen molar-refractivity contribution in [1.29, 1.82) is 0 Å². The number of amides is 1. The average molecular weight is 636 g/mol. The van der Waals surface area contributed by atoms with Crippen molar-refractivity contribution in [3.8, 4) is 17.4 Å². The van der Waals surface area contributed by atoms with Crippen LogP contribution in [-0.2, 0) is 22.4 Å². The Bertz CT molecular complexity index is 1500. The molecular formula is C33H42FN7O5. The summed E-state index contributed by atoms with van der Waals surface area (Å²) in [5.41, 5.74) is 2.36. The maximum Gasteiger partial charge on any atom is 0.282 e. The van der Waals surface area contributed by atoms with Crippen LogP contribution in [0.4, 0.5) is 10.2 Å². The third-order valence-corrected chi connectivity index (χ3v) is 8.71. The molecule has 0 aliphatic carbocycles. The first kappa shape index (κ1) is 32.0. The summed E-state index contributed by atoms with van der Waals surface area (Å²) in [5.74, 6) is 0.917. The first-order valence-electron chi connectivity index (χ1n) is 16.2. The van der Waals surface area contributed by atoms with Gasteiger partial charge in [0.15, 0.2) is 5.82 Å². The number of anilines is 1. The molecule has 0 bridgehead atoms. The fraction of sp³-hybridized carbons (Fsp3) is 0.545. The number of hydrogen-bond donors (Lipinski definition) is 0. The summed E-state index contributed by atoms with van der Waals surface area (Å²) in [4.78, 5) is 28.6. The highest BCUT2D eigenvalue weighted by atomic mass is 19.1. The van der Waals surface area contributed by atoms with Gasteiger partial charge in [-0.3, -0.25) is 14.7 Å². The molecule has 0 saturated carbocycles. The van der Waals surface area contributed by atoms with Gasteiger partial charge in [-0.15, -0.1) is 10.2 Å². The molecule has 0 radical (unpaired) electrons. The SMILES string of the molecule is CCN(C(=O)c1cc(F)ccc1Oc1nncnc1N1CCC(Oc2ccnc3c2CN(C[C@H]2COCCO2)CC3)CC1)C(C)C. The van der Waals surface area contributed by atoms with Crippen molar-refractivity contribution in [2.24, 2.45) is 0 Å². The quantitative estimate of drug-likeness (QED) is 0.323. The highest BCUT2D eigenvalue weighted by Crippen LogP contribution is 2.34. The van der Waals surface area contributed by atoms with Gasteiger partial charge in [-0.1, -0.05) is 0 Å². The highest BCUT2D eigenvalue weighted by molar-refractivity contribution is 5.97. The van der Waals surface area contributed by atoms with Crippen molar-refractivity contribution in [2.75, 3.05) is 57.4 Å². The van der Waals surface area contributed by atoms with Gasteiger partial charge in [-0.2, -0.15) is 0 Å². The molecule has 1 aromatic carbocycles. The maximum absolute atomic E-state index is 14.3. The van der Waals surface area contributed by atoms with E-state index >= 15 is 0 Å². The lowest BCUT2D eigenvalue weighted by molar-refractivity contribution is -0.0986. The van der Waals surface area contributed by atoms with Gasteiger partial charge in [0.05, 0.1) is 31.5 Å². The Morgan fingerprint density at radius 2 is 1.98 bits per heavy atom. The third kappa shape index (κ3) is 7.37. The zero-order valence-electron chi connectivity index (χ0n) is 26.7. The van der Waals surface area contributed by atoms with E-state index in [1.165, 1.54) is 24.5 Å². The van der Waals surface area contributed by atoms with Crippen molar-refractivity contribution >= 4 is 11.7 Å². The number of piperidine rings is 1. The van der Waals surface area contributed by atoms with Crippen molar-refractivity contribution in [3.05, 3.63) is 59.4 Å². The van der Waals surface area contributed by atoms with Gasteiger partial charge in [-0.25, -0.2) is 9.37 Å². The predicted octanol–water partition coefficient (Wildman–Crippen LogP) is 3.89. The van der Waals surface area contributed by atoms with Crippen molar-refractivity contribution in [2.45, 2.75) is 64.8 Å². The molecule has 0 N–H and O–H groups in total. The molecule has 2 aromatic heterocycles. The summed E-state index contributed by atoms with van der Waals surface area (Å²) in [6, 6.07) is 5.81. The molecule has 2 fully saturated rings. The molecule has 3 aromatic rings. The number of rotatable bonds is 10. The van der Waals surface area contributed by atoms with E-state index in [1.807, 2.05) is 33.0 Å². The fourth-order valence-electron chi connectivity index (χ4n) is 6.33. The van der Waals surface area contributed by atoms with Crippen LogP contribution < -0.4 is 14.4 Å². The highest BCUT2D eigenvalue weighted by Gasteiger charge is 2.29. The van der Waals surface area contributed by atoms with E-state index in [4.69, 9.17) is 18.9 Å². The minimum absolute atomic E-state index is 0.0183. The fourth-order valence-corrected chi connectivity index (χ4v) is 6.33.